The highest BCUT2D eigenvalue weighted by Crippen LogP contribution is 2.21. The lowest BCUT2D eigenvalue weighted by Crippen LogP contribution is -2.25. The first-order valence-corrected chi connectivity index (χ1v) is 6.80. The van der Waals surface area contributed by atoms with Crippen LogP contribution < -0.4 is 5.32 Å². The lowest BCUT2D eigenvalue weighted by Gasteiger charge is -2.00. The molecule has 0 aliphatic heterocycles. The molecular formula is C13H15N3OS. The van der Waals surface area contributed by atoms with Crippen molar-refractivity contribution in [3.8, 4) is 10.7 Å². The predicted octanol–water partition coefficient (Wildman–Crippen LogP) is 2.27. The van der Waals surface area contributed by atoms with Gasteiger partial charge in [0, 0.05) is 18.1 Å². The molecule has 2 aromatic heterocycles. The second kappa shape index (κ2) is 6.26. The summed E-state index contributed by atoms with van der Waals surface area (Å²) in [5, 5.41) is 5.61. The van der Waals surface area contributed by atoms with E-state index in [0.29, 0.717) is 6.42 Å². The minimum atomic E-state index is 0.0229. The molecule has 4 nitrogen and oxygen atoms in total. The second-order valence-corrected chi connectivity index (χ2v) is 4.74. The van der Waals surface area contributed by atoms with Crippen molar-refractivity contribution in [1.29, 1.82) is 0 Å². The van der Waals surface area contributed by atoms with E-state index in [0.717, 1.165) is 29.4 Å². The van der Waals surface area contributed by atoms with Gasteiger partial charge in [0.25, 0.3) is 0 Å². The highest BCUT2D eigenvalue weighted by molar-refractivity contribution is 7.13. The molecule has 1 N–H and O–H groups in total. The van der Waals surface area contributed by atoms with E-state index >= 15 is 0 Å². The number of aromatic nitrogens is 2. The lowest BCUT2D eigenvalue weighted by atomic mass is 10.3. The molecule has 0 aliphatic rings. The largest absolute Gasteiger partial charge is 0.356 e. The molecule has 0 aromatic carbocycles. The molecule has 2 rings (SSSR count). The molecule has 0 aliphatic carbocycles. The molecule has 1 amide bonds. The van der Waals surface area contributed by atoms with E-state index in [1.165, 1.54) is 11.3 Å². The van der Waals surface area contributed by atoms with Crippen LogP contribution in [-0.2, 0) is 11.2 Å². The quantitative estimate of drug-likeness (QED) is 0.898. The topological polar surface area (TPSA) is 54.9 Å². The normalized spacial score (nSPS) is 10.3. The summed E-state index contributed by atoms with van der Waals surface area (Å²) < 4.78 is 0. The Balaban J connectivity index is 2.00. The highest BCUT2D eigenvalue weighted by atomic mass is 32.1. The smallest absolute Gasteiger partial charge is 0.226 e. The van der Waals surface area contributed by atoms with E-state index < -0.39 is 0 Å². The van der Waals surface area contributed by atoms with E-state index in [1.54, 1.807) is 6.20 Å². The molecule has 0 spiro atoms. The highest BCUT2D eigenvalue weighted by Gasteiger charge is 2.08. The Morgan fingerprint density at radius 3 is 3.06 bits per heavy atom. The van der Waals surface area contributed by atoms with Gasteiger partial charge in [0.05, 0.1) is 17.8 Å². The third-order valence-electron chi connectivity index (χ3n) is 2.35. The fourth-order valence-corrected chi connectivity index (χ4v) is 2.28. The average molecular weight is 261 g/mol. The van der Waals surface area contributed by atoms with Crippen LogP contribution in [0.3, 0.4) is 0 Å². The van der Waals surface area contributed by atoms with Crippen LogP contribution in [0.25, 0.3) is 10.7 Å². The zero-order valence-electron chi connectivity index (χ0n) is 10.2. The van der Waals surface area contributed by atoms with Crippen molar-refractivity contribution in [3.63, 3.8) is 0 Å². The molecule has 18 heavy (non-hydrogen) atoms. The van der Waals surface area contributed by atoms with E-state index in [2.05, 4.69) is 15.3 Å². The molecule has 0 saturated heterocycles. The van der Waals surface area contributed by atoms with Gasteiger partial charge >= 0.3 is 0 Å². The van der Waals surface area contributed by atoms with E-state index in [-0.39, 0.29) is 5.91 Å². The Morgan fingerprint density at radius 2 is 2.33 bits per heavy atom. The van der Waals surface area contributed by atoms with Crippen molar-refractivity contribution in [1.82, 2.24) is 15.3 Å². The molecule has 0 atom stereocenters. The van der Waals surface area contributed by atoms with Crippen LogP contribution >= 0.6 is 11.3 Å². The Hall–Kier alpha value is -1.75. The van der Waals surface area contributed by atoms with Gasteiger partial charge in [0.15, 0.2) is 0 Å². The minimum absolute atomic E-state index is 0.0229. The van der Waals surface area contributed by atoms with E-state index in [9.17, 15) is 4.79 Å². The van der Waals surface area contributed by atoms with Crippen LogP contribution in [0.5, 0.6) is 0 Å². The van der Waals surface area contributed by atoms with E-state index in [4.69, 9.17) is 0 Å². The molecule has 0 unspecified atom stereocenters. The Morgan fingerprint density at radius 1 is 1.44 bits per heavy atom. The average Bonchev–Trinajstić information content (AvgIpc) is 2.86. The van der Waals surface area contributed by atoms with Crippen LogP contribution in [0.1, 0.15) is 19.0 Å². The molecule has 94 valence electrons. The van der Waals surface area contributed by atoms with Gasteiger partial charge in [-0.2, -0.15) is 0 Å². The maximum atomic E-state index is 11.6. The summed E-state index contributed by atoms with van der Waals surface area (Å²) in [5.41, 5.74) is 1.65. The molecule has 0 saturated carbocycles. The minimum Gasteiger partial charge on any atom is -0.356 e. The van der Waals surface area contributed by atoms with Crippen molar-refractivity contribution < 1.29 is 4.79 Å². The number of amides is 1. The standard InChI is InChI=1S/C13H15N3OS/c1-2-6-15-12(17)8-10-9-18-13(16-10)11-5-3-4-7-14-11/h3-5,7,9H,2,6,8H2,1H3,(H,15,17). The van der Waals surface area contributed by atoms with Crippen molar-refractivity contribution in [3.05, 3.63) is 35.5 Å². The monoisotopic (exact) mass is 261 g/mol. The fourth-order valence-electron chi connectivity index (χ4n) is 1.49. The maximum Gasteiger partial charge on any atom is 0.226 e. The number of hydrogen-bond donors (Lipinski definition) is 1. The number of nitrogens with zero attached hydrogens (tertiary/aromatic N) is 2. The van der Waals surface area contributed by atoms with Gasteiger partial charge in [0.1, 0.15) is 5.01 Å². The number of rotatable bonds is 5. The summed E-state index contributed by atoms with van der Waals surface area (Å²) >= 11 is 1.51. The zero-order chi connectivity index (χ0) is 12.8. The Bertz CT molecular complexity index is 510. The SMILES string of the molecule is CCCNC(=O)Cc1csc(-c2ccccn2)n1. The van der Waals surface area contributed by atoms with Gasteiger partial charge in [-0.1, -0.05) is 13.0 Å². The molecule has 0 fully saturated rings. The second-order valence-electron chi connectivity index (χ2n) is 3.89. The summed E-state index contributed by atoms with van der Waals surface area (Å²) in [7, 11) is 0. The van der Waals surface area contributed by atoms with Crippen molar-refractivity contribution >= 4 is 17.2 Å². The molecule has 0 radical (unpaired) electrons. The third kappa shape index (κ3) is 3.37. The lowest BCUT2D eigenvalue weighted by molar-refractivity contribution is -0.120. The maximum absolute atomic E-state index is 11.6. The van der Waals surface area contributed by atoms with Gasteiger partial charge in [-0.05, 0) is 18.6 Å². The van der Waals surface area contributed by atoms with Crippen LogP contribution in [0.4, 0.5) is 0 Å². The number of carbonyl (C=O) groups excluding carboxylic acids is 1. The summed E-state index contributed by atoms with van der Waals surface area (Å²) in [5.74, 6) is 0.0229. The van der Waals surface area contributed by atoms with Crippen LogP contribution in [0.15, 0.2) is 29.8 Å². The van der Waals surface area contributed by atoms with Crippen molar-refractivity contribution in [2.45, 2.75) is 19.8 Å². The number of pyridine rings is 1. The van der Waals surface area contributed by atoms with Crippen molar-refractivity contribution in [2.24, 2.45) is 0 Å². The Labute approximate surface area is 110 Å². The van der Waals surface area contributed by atoms with Gasteiger partial charge < -0.3 is 5.32 Å². The fraction of sp³-hybridized carbons (Fsp3) is 0.308. The van der Waals surface area contributed by atoms with Crippen LogP contribution in [0, 0.1) is 0 Å². The predicted molar refractivity (Wildman–Crippen MR) is 72.3 cm³/mol. The summed E-state index contributed by atoms with van der Waals surface area (Å²) in [6.45, 7) is 2.75. The van der Waals surface area contributed by atoms with Gasteiger partial charge in [-0.25, -0.2) is 4.98 Å². The zero-order valence-corrected chi connectivity index (χ0v) is 11.0. The van der Waals surface area contributed by atoms with Gasteiger partial charge in [-0.3, -0.25) is 9.78 Å². The first-order valence-electron chi connectivity index (χ1n) is 5.92. The van der Waals surface area contributed by atoms with Crippen molar-refractivity contribution in [2.75, 3.05) is 6.54 Å². The van der Waals surface area contributed by atoms with Gasteiger partial charge in [0.2, 0.25) is 5.91 Å². The Kier molecular flexibility index (Phi) is 4.41. The first-order chi connectivity index (χ1) is 8.79. The number of hydrogen-bond acceptors (Lipinski definition) is 4. The number of thiazole rings is 1. The summed E-state index contributed by atoms with van der Waals surface area (Å²) in [6.07, 6.45) is 3.02. The van der Waals surface area contributed by atoms with E-state index in [1.807, 2.05) is 30.5 Å². The molecular weight excluding hydrogens is 246 g/mol. The molecule has 2 aromatic rings. The van der Waals surface area contributed by atoms with Crippen LogP contribution in [-0.4, -0.2) is 22.4 Å². The molecule has 5 heteroatoms. The molecule has 2 heterocycles. The van der Waals surface area contributed by atoms with Gasteiger partial charge in [-0.15, -0.1) is 11.3 Å². The summed E-state index contributed by atoms with van der Waals surface area (Å²) in [6, 6.07) is 5.72. The third-order valence-corrected chi connectivity index (χ3v) is 3.26. The summed E-state index contributed by atoms with van der Waals surface area (Å²) in [4.78, 5) is 20.2. The number of carbonyl (C=O) groups is 1. The molecule has 0 bridgehead atoms. The first kappa shape index (κ1) is 12.7. The van der Waals surface area contributed by atoms with Crippen LogP contribution in [0.2, 0.25) is 0 Å². The number of nitrogens with one attached hydrogen (secondary N) is 1.